The van der Waals surface area contributed by atoms with Crippen LogP contribution in [0.1, 0.15) is 24.4 Å². The summed E-state index contributed by atoms with van der Waals surface area (Å²) in [5.74, 6) is 1.45. The van der Waals surface area contributed by atoms with E-state index in [1.807, 2.05) is 18.2 Å². The van der Waals surface area contributed by atoms with Crippen LogP contribution in [0.15, 0.2) is 18.2 Å². The van der Waals surface area contributed by atoms with E-state index in [-0.39, 0.29) is 24.4 Å². The standard InChI is InChI=1S/C18H25N3O4/c1-24-13-5-6-14(16(10-13)25-2)15-4-3-8-20(15)12-18(23)21-9-7-19-17(22)11-21/h5-6,10,15H,3-4,7-9,11-12H2,1-2H3,(H,19,22)/t15-/m1/s1. The Labute approximate surface area is 147 Å². The van der Waals surface area contributed by atoms with Crippen molar-refractivity contribution in [1.82, 2.24) is 15.1 Å². The summed E-state index contributed by atoms with van der Waals surface area (Å²) in [5.41, 5.74) is 1.07. The van der Waals surface area contributed by atoms with Crippen molar-refractivity contribution in [2.24, 2.45) is 0 Å². The van der Waals surface area contributed by atoms with Crippen molar-refractivity contribution in [3.8, 4) is 11.5 Å². The van der Waals surface area contributed by atoms with Crippen molar-refractivity contribution in [3.05, 3.63) is 23.8 Å². The van der Waals surface area contributed by atoms with E-state index in [4.69, 9.17) is 9.47 Å². The van der Waals surface area contributed by atoms with Crippen LogP contribution in [0.4, 0.5) is 0 Å². The molecule has 1 aromatic carbocycles. The van der Waals surface area contributed by atoms with Gasteiger partial charge in [-0.1, -0.05) is 6.07 Å². The van der Waals surface area contributed by atoms with E-state index in [1.54, 1.807) is 19.1 Å². The molecule has 0 aliphatic carbocycles. The first kappa shape index (κ1) is 17.5. The quantitative estimate of drug-likeness (QED) is 0.853. The number of methoxy groups -OCH3 is 2. The molecule has 2 amide bonds. The zero-order valence-electron chi connectivity index (χ0n) is 14.8. The van der Waals surface area contributed by atoms with Crippen LogP contribution in [0.2, 0.25) is 0 Å². The first-order valence-electron chi connectivity index (χ1n) is 8.63. The molecule has 0 bridgehead atoms. The Morgan fingerprint density at radius 3 is 2.84 bits per heavy atom. The molecule has 3 rings (SSSR count). The second kappa shape index (κ2) is 7.74. The highest BCUT2D eigenvalue weighted by molar-refractivity contribution is 5.86. The number of hydrogen-bond donors (Lipinski definition) is 1. The number of nitrogens with zero attached hydrogens (tertiary/aromatic N) is 2. The molecule has 2 aliphatic heterocycles. The molecule has 0 spiro atoms. The van der Waals surface area contributed by atoms with Crippen molar-refractivity contribution >= 4 is 11.8 Å². The number of hydrogen-bond acceptors (Lipinski definition) is 5. The summed E-state index contributed by atoms with van der Waals surface area (Å²) < 4.78 is 10.8. The molecule has 1 atom stereocenters. The molecule has 0 aromatic heterocycles. The smallest absolute Gasteiger partial charge is 0.239 e. The molecule has 7 heteroatoms. The number of likely N-dealkylation sites (tertiary alicyclic amines) is 1. The predicted molar refractivity (Wildman–Crippen MR) is 92.7 cm³/mol. The minimum absolute atomic E-state index is 0.00854. The third-order valence-electron chi connectivity index (χ3n) is 4.89. The van der Waals surface area contributed by atoms with Gasteiger partial charge in [-0.2, -0.15) is 0 Å². The Bertz CT molecular complexity index is 649. The van der Waals surface area contributed by atoms with E-state index in [0.717, 1.165) is 36.4 Å². The van der Waals surface area contributed by atoms with Gasteiger partial charge >= 0.3 is 0 Å². The maximum atomic E-state index is 12.6. The van der Waals surface area contributed by atoms with Gasteiger partial charge in [-0.25, -0.2) is 0 Å². The van der Waals surface area contributed by atoms with Crippen LogP contribution in [-0.4, -0.2) is 68.6 Å². The lowest BCUT2D eigenvalue weighted by atomic mass is 10.0. The van der Waals surface area contributed by atoms with Gasteiger partial charge < -0.3 is 19.7 Å². The maximum Gasteiger partial charge on any atom is 0.239 e. The first-order valence-corrected chi connectivity index (χ1v) is 8.63. The van der Waals surface area contributed by atoms with Gasteiger partial charge in [-0.05, 0) is 25.5 Å². The highest BCUT2D eigenvalue weighted by Crippen LogP contribution is 2.38. The highest BCUT2D eigenvalue weighted by Gasteiger charge is 2.32. The molecule has 2 aliphatic rings. The van der Waals surface area contributed by atoms with Gasteiger partial charge in [-0.15, -0.1) is 0 Å². The van der Waals surface area contributed by atoms with Crippen molar-refractivity contribution in [2.75, 3.05) is 46.9 Å². The summed E-state index contributed by atoms with van der Waals surface area (Å²) in [6.07, 6.45) is 2.02. The molecule has 0 radical (unpaired) electrons. The molecule has 2 heterocycles. The SMILES string of the molecule is COc1ccc([C@H]2CCCN2CC(=O)N2CCNC(=O)C2)c(OC)c1. The van der Waals surface area contributed by atoms with Crippen LogP contribution in [0.5, 0.6) is 11.5 Å². The number of ether oxygens (including phenoxy) is 2. The molecular formula is C18H25N3O4. The molecule has 2 fully saturated rings. The second-order valence-corrected chi connectivity index (χ2v) is 6.40. The summed E-state index contributed by atoms with van der Waals surface area (Å²) in [6, 6.07) is 5.95. The Hall–Kier alpha value is -2.28. The topological polar surface area (TPSA) is 71.1 Å². The van der Waals surface area contributed by atoms with Gasteiger partial charge in [0.25, 0.3) is 0 Å². The molecule has 1 aromatic rings. The van der Waals surface area contributed by atoms with Crippen molar-refractivity contribution in [2.45, 2.75) is 18.9 Å². The molecule has 0 unspecified atom stereocenters. The fraction of sp³-hybridized carbons (Fsp3) is 0.556. The van der Waals surface area contributed by atoms with Crippen LogP contribution in [-0.2, 0) is 9.59 Å². The van der Waals surface area contributed by atoms with Gasteiger partial charge in [0.05, 0.1) is 27.3 Å². The van der Waals surface area contributed by atoms with E-state index in [9.17, 15) is 9.59 Å². The van der Waals surface area contributed by atoms with E-state index in [0.29, 0.717) is 19.6 Å². The molecule has 25 heavy (non-hydrogen) atoms. The number of nitrogens with one attached hydrogen (secondary N) is 1. The van der Waals surface area contributed by atoms with Crippen LogP contribution < -0.4 is 14.8 Å². The minimum Gasteiger partial charge on any atom is -0.497 e. The van der Waals surface area contributed by atoms with Gasteiger partial charge in [0, 0.05) is 30.8 Å². The molecule has 1 N–H and O–H groups in total. The monoisotopic (exact) mass is 347 g/mol. The van der Waals surface area contributed by atoms with E-state index >= 15 is 0 Å². The number of carbonyl (C=O) groups is 2. The van der Waals surface area contributed by atoms with Crippen LogP contribution in [0, 0.1) is 0 Å². The first-order chi connectivity index (χ1) is 12.1. The zero-order chi connectivity index (χ0) is 17.8. The third kappa shape index (κ3) is 3.87. The number of amides is 2. The third-order valence-corrected chi connectivity index (χ3v) is 4.89. The van der Waals surface area contributed by atoms with Crippen molar-refractivity contribution in [1.29, 1.82) is 0 Å². The van der Waals surface area contributed by atoms with Gasteiger partial charge in [-0.3, -0.25) is 14.5 Å². The summed E-state index contributed by atoms with van der Waals surface area (Å²) >= 11 is 0. The lowest BCUT2D eigenvalue weighted by molar-refractivity contribution is -0.139. The lowest BCUT2D eigenvalue weighted by Crippen LogP contribution is -2.52. The average Bonchev–Trinajstić information content (AvgIpc) is 3.08. The van der Waals surface area contributed by atoms with Crippen LogP contribution in [0.3, 0.4) is 0 Å². The molecule has 136 valence electrons. The molecule has 0 saturated carbocycles. The Morgan fingerprint density at radius 1 is 1.28 bits per heavy atom. The van der Waals surface area contributed by atoms with Crippen LogP contribution >= 0.6 is 0 Å². The van der Waals surface area contributed by atoms with Crippen LogP contribution in [0.25, 0.3) is 0 Å². The fourth-order valence-electron chi connectivity index (χ4n) is 3.59. The van der Waals surface area contributed by atoms with Gasteiger partial charge in [0.2, 0.25) is 11.8 Å². The Kier molecular flexibility index (Phi) is 5.43. The molecule has 2 saturated heterocycles. The summed E-state index contributed by atoms with van der Waals surface area (Å²) in [4.78, 5) is 27.9. The minimum atomic E-state index is -0.0885. The van der Waals surface area contributed by atoms with E-state index in [1.165, 1.54) is 0 Å². The average molecular weight is 347 g/mol. The molecule has 7 nitrogen and oxygen atoms in total. The Morgan fingerprint density at radius 2 is 2.12 bits per heavy atom. The maximum absolute atomic E-state index is 12.6. The van der Waals surface area contributed by atoms with Gasteiger partial charge in [0.15, 0.2) is 0 Å². The Balaban J connectivity index is 1.72. The fourth-order valence-corrected chi connectivity index (χ4v) is 3.59. The van der Waals surface area contributed by atoms with Crippen molar-refractivity contribution < 1.29 is 19.1 Å². The summed E-state index contributed by atoms with van der Waals surface area (Å²) in [6.45, 7) is 2.46. The highest BCUT2D eigenvalue weighted by atomic mass is 16.5. The van der Waals surface area contributed by atoms with Gasteiger partial charge in [0.1, 0.15) is 11.5 Å². The number of benzene rings is 1. The van der Waals surface area contributed by atoms with Crippen molar-refractivity contribution in [3.63, 3.8) is 0 Å². The normalized spacial score (nSPS) is 21.1. The number of rotatable bonds is 5. The summed E-state index contributed by atoms with van der Waals surface area (Å²) in [5, 5.41) is 2.75. The lowest BCUT2D eigenvalue weighted by Gasteiger charge is -2.31. The van der Waals surface area contributed by atoms with E-state index < -0.39 is 0 Å². The van der Waals surface area contributed by atoms with E-state index in [2.05, 4.69) is 10.2 Å². The molecular weight excluding hydrogens is 322 g/mol. The largest absolute Gasteiger partial charge is 0.497 e. The number of carbonyl (C=O) groups excluding carboxylic acids is 2. The second-order valence-electron chi connectivity index (χ2n) is 6.40. The summed E-state index contributed by atoms with van der Waals surface area (Å²) in [7, 11) is 3.28. The predicted octanol–water partition coefficient (Wildman–Crippen LogP) is 0.799. The zero-order valence-corrected chi connectivity index (χ0v) is 14.8. The number of piperazine rings is 1.